The maximum absolute atomic E-state index is 2.60. The molecule has 0 saturated heterocycles. The van der Waals surface area contributed by atoms with Gasteiger partial charge in [0.25, 0.3) is 0 Å². The van der Waals surface area contributed by atoms with E-state index in [1.807, 2.05) is 0 Å². The van der Waals surface area contributed by atoms with Crippen molar-refractivity contribution in [2.45, 2.75) is 32.2 Å². The maximum Gasteiger partial charge on any atom is 0.0371 e. The first-order chi connectivity index (χ1) is 8.36. The third kappa shape index (κ3) is 1.99. The Morgan fingerprint density at radius 1 is 1.12 bits per heavy atom. The summed E-state index contributed by atoms with van der Waals surface area (Å²) in [5, 5.41) is 0. The van der Waals surface area contributed by atoms with Crippen LogP contribution in [-0.4, -0.2) is 12.6 Å². The van der Waals surface area contributed by atoms with E-state index in [-0.39, 0.29) is 0 Å². The van der Waals surface area contributed by atoms with E-state index in [0.717, 1.165) is 24.4 Å². The molecule has 0 N–H and O–H groups in total. The van der Waals surface area contributed by atoms with Crippen molar-refractivity contribution >= 4 is 5.69 Å². The second-order valence-electron chi connectivity index (χ2n) is 5.47. The zero-order valence-corrected chi connectivity index (χ0v) is 10.5. The smallest absolute Gasteiger partial charge is 0.0371 e. The number of rotatable bonds is 1. The van der Waals surface area contributed by atoms with Gasteiger partial charge < -0.3 is 4.90 Å². The molecule has 1 saturated carbocycles. The first-order valence-corrected chi connectivity index (χ1v) is 6.84. The van der Waals surface area contributed by atoms with E-state index in [0.29, 0.717) is 0 Å². The van der Waals surface area contributed by atoms with Gasteiger partial charge >= 0.3 is 0 Å². The largest absolute Gasteiger partial charge is 0.364 e. The van der Waals surface area contributed by atoms with Gasteiger partial charge in [-0.2, -0.15) is 0 Å². The van der Waals surface area contributed by atoms with Crippen LogP contribution in [0.2, 0.25) is 0 Å². The molecule has 17 heavy (non-hydrogen) atoms. The van der Waals surface area contributed by atoms with E-state index >= 15 is 0 Å². The van der Waals surface area contributed by atoms with Crippen molar-refractivity contribution in [1.29, 1.82) is 0 Å². The highest BCUT2D eigenvalue weighted by Gasteiger charge is 2.34. The van der Waals surface area contributed by atoms with Crippen molar-refractivity contribution < 1.29 is 0 Å². The van der Waals surface area contributed by atoms with E-state index in [2.05, 4.69) is 54.3 Å². The molecule has 3 rings (SSSR count). The molecular weight excluding hydrogens is 206 g/mol. The number of anilines is 1. The van der Waals surface area contributed by atoms with Crippen molar-refractivity contribution in [2.24, 2.45) is 11.8 Å². The van der Waals surface area contributed by atoms with Crippen molar-refractivity contribution in [2.75, 3.05) is 11.4 Å². The first-order valence-electron chi connectivity index (χ1n) is 6.84. The second-order valence-corrected chi connectivity index (χ2v) is 5.47. The van der Waals surface area contributed by atoms with Gasteiger partial charge in [-0.3, -0.25) is 0 Å². The van der Waals surface area contributed by atoms with Crippen LogP contribution < -0.4 is 4.90 Å². The number of nitrogens with zero attached hydrogens (tertiary/aromatic N) is 1. The third-order valence-electron chi connectivity index (χ3n) is 4.41. The van der Waals surface area contributed by atoms with Crippen LogP contribution in [0.1, 0.15) is 26.2 Å². The Morgan fingerprint density at radius 3 is 2.76 bits per heavy atom. The van der Waals surface area contributed by atoms with Gasteiger partial charge in [-0.1, -0.05) is 43.7 Å². The summed E-state index contributed by atoms with van der Waals surface area (Å²) in [4.78, 5) is 2.60. The molecule has 1 nitrogen and oxygen atoms in total. The van der Waals surface area contributed by atoms with Crippen LogP contribution in [0.25, 0.3) is 0 Å². The quantitative estimate of drug-likeness (QED) is 0.658. The van der Waals surface area contributed by atoms with Gasteiger partial charge in [0.05, 0.1) is 0 Å². The standard InChI is InChI=1S/C16H21N/c1-13-7-5-11-16-15(13)10-6-12-17(16)14-8-3-2-4-9-14/h2-4,6,8-10,13,15-16H,5,7,11-12H2,1H3/t13-,15+,16-/m1/s1. The Bertz CT molecular complexity index is 395. The molecule has 0 bridgehead atoms. The van der Waals surface area contributed by atoms with Crippen molar-refractivity contribution in [3.8, 4) is 0 Å². The minimum absolute atomic E-state index is 0.728. The van der Waals surface area contributed by atoms with Gasteiger partial charge in [-0.05, 0) is 36.8 Å². The highest BCUT2D eigenvalue weighted by molar-refractivity contribution is 5.49. The van der Waals surface area contributed by atoms with Crippen LogP contribution in [-0.2, 0) is 0 Å². The summed E-state index contributed by atoms with van der Waals surface area (Å²) in [6.45, 7) is 3.49. The third-order valence-corrected chi connectivity index (χ3v) is 4.41. The fourth-order valence-electron chi connectivity index (χ4n) is 3.48. The number of benzene rings is 1. The van der Waals surface area contributed by atoms with Crippen molar-refractivity contribution in [3.63, 3.8) is 0 Å². The summed E-state index contributed by atoms with van der Waals surface area (Å²) in [5.41, 5.74) is 1.39. The Labute approximate surface area is 104 Å². The average molecular weight is 227 g/mol. The molecule has 90 valence electrons. The Kier molecular flexibility index (Phi) is 2.92. The molecule has 1 heterocycles. The topological polar surface area (TPSA) is 3.24 Å². The monoisotopic (exact) mass is 227 g/mol. The van der Waals surface area contributed by atoms with Crippen LogP contribution >= 0.6 is 0 Å². The van der Waals surface area contributed by atoms with Crippen LogP contribution in [0.3, 0.4) is 0 Å². The average Bonchev–Trinajstić information content (AvgIpc) is 2.40. The van der Waals surface area contributed by atoms with Gasteiger partial charge in [0.15, 0.2) is 0 Å². The molecule has 1 aromatic carbocycles. The van der Waals surface area contributed by atoms with E-state index < -0.39 is 0 Å². The van der Waals surface area contributed by atoms with E-state index in [1.165, 1.54) is 24.9 Å². The van der Waals surface area contributed by atoms with Crippen molar-refractivity contribution in [1.82, 2.24) is 0 Å². The summed E-state index contributed by atoms with van der Waals surface area (Å²) in [7, 11) is 0. The molecule has 0 aromatic heterocycles. The molecule has 0 unspecified atom stereocenters. The Hall–Kier alpha value is -1.24. The van der Waals surface area contributed by atoms with Crippen LogP contribution in [0, 0.1) is 11.8 Å². The summed E-state index contributed by atoms with van der Waals surface area (Å²) < 4.78 is 0. The molecule has 1 aliphatic carbocycles. The molecule has 0 spiro atoms. The molecule has 2 aliphatic rings. The second kappa shape index (κ2) is 4.56. The lowest BCUT2D eigenvalue weighted by Crippen LogP contribution is -2.47. The van der Waals surface area contributed by atoms with Gasteiger partial charge in [0.2, 0.25) is 0 Å². The normalized spacial score (nSPS) is 32.3. The zero-order chi connectivity index (χ0) is 11.7. The molecule has 1 aromatic rings. The first kappa shape index (κ1) is 10.9. The number of fused-ring (bicyclic) bond motifs is 1. The minimum Gasteiger partial charge on any atom is -0.364 e. The van der Waals surface area contributed by atoms with Crippen LogP contribution in [0.4, 0.5) is 5.69 Å². The summed E-state index contributed by atoms with van der Waals surface area (Å²) >= 11 is 0. The molecule has 0 radical (unpaired) electrons. The van der Waals surface area contributed by atoms with E-state index in [4.69, 9.17) is 0 Å². The molecule has 1 heteroatoms. The van der Waals surface area contributed by atoms with E-state index in [1.54, 1.807) is 0 Å². The molecule has 0 amide bonds. The highest BCUT2D eigenvalue weighted by atomic mass is 15.2. The summed E-state index contributed by atoms with van der Waals surface area (Å²) in [5.74, 6) is 1.61. The fourth-order valence-corrected chi connectivity index (χ4v) is 3.48. The summed E-state index contributed by atoms with van der Waals surface area (Å²) in [6.07, 6.45) is 8.96. The minimum atomic E-state index is 0.728. The van der Waals surface area contributed by atoms with Crippen LogP contribution in [0.5, 0.6) is 0 Å². The summed E-state index contributed by atoms with van der Waals surface area (Å²) in [6, 6.07) is 11.6. The lowest BCUT2D eigenvalue weighted by molar-refractivity contribution is 0.252. The maximum atomic E-state index is 2.60. The predicted octanol–water partition coefficient (Wildman–Crippen LogP) is 3.87. The number of hydrogen-bond acceptors (Lipinski definition) is 1. The molecule has 1 aliphatic heterocycles. The lowest BCUT2D eigenvalue weighted by atomic mass is 9.74. The van der Waals surface area contributed by atoms with Gasteiger partial charge in [0.1, 0.15) is 0 Å². The lowest BCUT2D eigenvalue weighted by Gasteiger charge is -2.45. The number of hydrogen-bond donors (Lipinski definition) is 0. The van der Waals surface area contributed by atoms with Crippen LogP contribution in [0.15, 0.2) is 42.5 Å². The molecule has 3 atom stereocenters. The predicted molar refractivity (Wildman–Crippen MR) is 73.2 cm³/mol. The highest BCUT2D eigenvalue weighted by Crippen LogP contribution is 2.38. The van der Waals surface area contributed by atoms with Gasteiger partial charge in [0, 0.05) is 18.3 Å². The zero-order valence-electron chi connectivity index (χ0n) is 10.5. The van der Waals surface area contributed by atoms with Gasteiger partial charge in [-0.15, -0.1) is 0 Å². The SMILES string of the molecule is C[C@@H]1CCC[C@@H]2[C@H]1C=CCN2c1ccccc1. The molecule has 1 fully saturated rings. The Balaban J connectivity index is 1.89. The van der Waals surface area contributed by atoms with Gasteiger partial charge in [-0.25, -0.2) is 0 Å². The molecular formula is C16H21N. The Morgan fingerprint density at radius 2 is 1.94 bits per heavy atom. The number of para-hydroxylation sites is 1. The van der Waals surface area contributed by atoms with E-state index in [9.17, 15) is 0 Å². The van der Waals surface area contributed by atoms with Crippen molar-refractivity contribution in [3.05, 3.63) is 42.5 Å². The fraction of sp³-hybridized carbons (Fsp3) is 0.500.